The predicted molar refractivity (Wildman–Crippen MR) is 91.3 cm³/mol. The van der Waals surface area contributed by atoms with Crippen LogP contribution in [0.15, 0.2) is 36.4 Å². The Labute approximate surface area is 157 Å². The summed E-state index contributed by atoms with van der Waals surface area (Å²) in [6.45, 7) is 1.13. The first kappa shape index (κ1) is 20.2. The smallest absolute Gasteiger partial charge is 0.336 e. The minimum Gasteiger partial charge on any atom is -0.467 e. The van der Waals surface area contributed by atoms with Crippen molar-refractivity contribution < 1.29 is 28.0 Å². The average Bonchev–Trinajstić information content (AvgIpc) is 2.62. The first-order valence-electron chi connectivity index (χ1n) is 7.40. The Morgan fingerprint density at radius 2 is 1.89 bits per heavy atom. The van der Waals surface area contributed by atoms with Crippen molar-refractivity contribution in [2.75, 3.05) is 7.11 Å². The van der Waals surface area contributed by atoms with Gasteiger partial charge in [0.2, 0.25) is 0 Å². The first-order valence-corrected chi connectivity index (χ1v) is 7.78. The van der Waals surface area contributed by atoms with Gasteiger partial charge in [-0.2, -0.15) is 0 Å². The summed E-state index contributed by atoms with van der Waals surface area (Å²) in [6.07, 6.45) is 0. The van der Waals surface area contributed by atoms with Crippen molar-refractivity contribution in [2.45, 2.75) is 12.5 Å². The van der Waals surface area contributed by atoms with Gasteiger partial charge in [-0.25, -0.2) is 13.6 Å². The molecule has 0 aliphatic rings. The number of amides is 1. The quantitative estimate of drug-likeness (QED) is 0.473. The number of carbonyl (C=O) groups excluding carboxylic acids is 2. The summed E-state index contributed by atoms with van der Waals surface area (Å²) in [5, 5.41) is 12.8. The highest BCUT2D eigenvalue weighted by atomic mass is 35.5. The van der Waals surface area contributed by atoms with Crippen molar-refractivity contribution in [3.05, 3.63) is 74.3 Å². The zero-order valence-corrected chi connectivity index (χ0v) is 14.8. The molecule has 0 spiro atoms. The van der Waals surface area contributed by atoms with Crippen LogP contribution in [0.2, 0.25) is 5.02 Å². The summed E-state index contributed by atoms with van der Waals surface area (Å²) < 4.78 is 32.4. The van der Waals surface area contributed by atoms with E-state index in [4.69, 9.17) is 11.6 Å². The number of esters is 1. The van der Waals surface area contributed by atoms with Crippen LogP contribution in [0.25, 0.3) is 0 Å². The van der Waals surface area contributed by atoms with Crippen molar-refractivity contribution in [1.82, 2.24) is 5.32 Å². The molecule has 2 aromatic rings. The molecule has 1 atom stereocenters. The van der Waals surface area contributed by atoms with E-state index < -0.39 is 39.5 Å². The summed E-state index contributed by atoms with van der Waals surface area (Å²) in [5.41, 5.74) is -3.08. The Morgan fingerprint density at radius 1 is 1.22 bits per heavy atom. The van der Waals surface area contributed by atoms with E-state index in [-0.39, 0.29) is 16.3 Å². The SMILES string of the molecule is COC(=O)[C@@](C)(NC(=O)c1ccc([N+](=O)[O-])cc1Cl)c1cc(F)ccc1F. The lowest BCUT2D eigenvalue weighted by atomic mass is 9.90. The number of methoxy groups -OCH3 is 1. The number of ether oxygens (including phenoxy) is 1. The van der Waals surface area contributed by atoms with Crippen LogP contribution in [-0.4, -0.2) is 23.9 Å². The lowest BCUT2D eigenvalue weighted by Crippen LogP contribution is -2.50. The molecule has 0 saturated carbocycles. The molecule has 2 rings (SSSR count). The van der Waals surface area contributed by atoms with E-state index in [0.717, 1.165) is 50.4 Å². The fourth-order valence-corrected chi connectivity index (χ4v) is 2.67. The van der Waals surface area contributed by atoms with Gasteiger partial charge in [-0.3, -0.25) is 14.9 Å². The highest BCUT2D eigenvalue weighted by Crippen LogP contribution is 2.28. The van der Waals surface area contributed by atoms with Crippen molar-refractivity contribution in [2.24, 2.45) is 0 Å². The summed E-state index contributed by atoms with van der Waals surface area (Å²) in [5.74, 6) is -3.77. The molecular weight excluding hydrogens is 386 g/mol. The number of non-ortho nitro benzene ring substituents is 1. The number of hydrogen-bond donors (Lipinski definition) is 1. The molecule has 0 unspecified atom stereocenters. The van der Waals surface area contributed by atoms with E-state index in [1.165, 1.54) is 0 Å². The van der Waals surface area contributed by atoms with Crippen LogP contribution >= 0.6 is 11.6 Å². The fourth-order valence-electron chi connectivity index (χ4n) is 2.41. The summed E-state index contributed by atoms with van der Waals surface area (Å²) in [7, 11) is 1.02. The van der Waals surface area contributed by atoms with E-state index in [9.17, 15) is 28.5 Å². The van der Waals surface area contributed by atoms with Crippen molar-refractivity contribution in [3.63, 3.8) is 0 Å². The van der Waals surface area contributed by atoms with Crippen molar-refractivity contribution in [3.8, 4) is 0 Å². The second-order valence-electron chi connectivity index (χ2n) is 5.62. The highest BCUT2D eigenvalue weighted by Gasteiger charge is 2.41. The molecule has 0 saturated heterocycles. The molecule has 1 N–H and O–H groups in total. The maximum Gasteiger partial charge on any atom is 0.336 e. The van der Waals surface area contributed by atoms with Gasteiger partial charge in [0.15, 0.2) is 5.54 Å². The number of rotatable bonds is 5. The molecule has 1 amide bonds. The first-order chi connectivity index (χ1) is 12.6. The van der Waals surface area contributed by atoms with E-state index in [0.29, 0.717) is 0 Å². The van der Waals surface area contributed by atoms with Crippen molar-refractivity contribution in [1.29, 1.82) is 0 Å². The number of hydrogen-bond acceptors (Lipinski definition) is 5. The Hall–Kier alpha value is -3.07. The Balaban J connectivity index is 2.48. The third-order valence-corrected chi connectivity index (χ3v) is 4.15. The summed E-state index contributed by atoms with van der Waals surface area (Å²) in [4.78, 5) is 34.9. The molecule has 0 aromatic heterocycles. The lowest BCUT2D eigenvalue weighted by molar-refractivity contribution is -0.384. The largest absolute Gasteiger partial charge is 0.467 e. The number of nitro benzene ring substituents is 1. The molecule has 0 heterocycles. The maximum atomic E-state index is 14.2. The van der Waals surface area contributed by atoms with Crippen LogP contribution in [-0.2, 0) is 15.1 Å². The molecular formula is C17H13ClF2N2O5. The normalized spacial score (nSPS) is 12.8. The van der Waals surface area contributed by atoms with Crippen molar-refractivity contribution >= 4 is 29.2 Å². The molecule has 142 valence electrons. The second kappa shape index (κ2) is 7.67. The number of halogens is 3. The third kappa shape index (κ3) is 4.03. The minimum atomic E-state index is -2.08. The minimum absolute atomic E-state index is 0.200. The summed E-state index contributed by atoms with van der Waals surface area (Å²) >= 11 is 5.90. The van der Waals surface area contributed by atoms with Gasteiger partial charge in [-0.15, -0.1) is 0 Å². The molecule has 10 heteroatoms. The van der Waals surface area contributed by atoms with Crippen LogP contribution in [0.5, 0.6) is 0 Å². The lowest BCUT2D eigenvalue weighted by Gasteiger charge is -2.29. The third-order valence-electron chi connectivity index (χ3n) is 3.83. The topological polar surface area (TPSA) is 98.5 Å². The van der Waals surface area contributed by atoms with Gasteiger partial charge in [0, 0.05) is 17.7 Å². The zero-order chi connectivity index (χ0) is 20.4. The standard InChI is InChI=1S/C17H13ClF2N2O5/c1-17(16(24)27-2,12-7-9(19)3-6-14(12)20)21-15(23)11-5-4-10(22(25)26)8-13(11)18/h3-8H,1-2H3,(H,21,23)/t17-/m0/s1. The van der Waals surface area contributed by atoms with Gasteiger partial charge in [0.25, 0.3) is 11.6 Å². The molecule has 0 radical (unpaired) electrons. The number of carbonyl (C=O) groups is 2. The van der Waals surface area contributed by atoms with Crippen LogP contribution in [0.4, 0.5) is 14.5 Å². The number of benzene rings is 2. The number of nitro groups is 1. The molecule has 0 fully saturated rings. The molecule has 27 heavy (non-hydrogen) atoms. The Morgan fingerprint density at radius 3 is 2.44 bits per heavy atom. The van der Waals surface area contributed by atoms with E-state index in [1.54, 1.807) is 0 Å². The van der Waals surface area contributed by atoms with Gasteiger partial charge >= 0.3 is 5.97 Å². The second-order valence-corrected chi connectivity index (χ2v) is 6.02. The zero-order valence-electron chi connectivity index (χ0n) is 14.1. The van der Waals surface area contributed by atoms with E-state index in [2.05, 4.69) is 10.1 Å². The average molecular weight is 399 g/mol. The molecule has 0 bridgehead atoms. The van der Waals surface area contributed by atoms with Gasteiger partial charge in [0.1, 0.15) is 11.6 Å². The number of nitrogens with one attached hydrogen (secondary N) is 1. The Bertz CT molecular complexity index is 938. The van der Waals surface area contributed by atoms with Gasteiger partial charge in [-0.1, -0.05) is 11.6 Å². The molecule has 7 nitrogen and oxygen atoms in total. The highest BCUT2D eigenvalue weighted by molar-refractivity contribution is 6.34. The molecule has 0 aliphatic heterocycles. The predicted octanol–water partition coefficient (Wildman–Crippen LogP) is 3.34. The fraction of sp³-hybridized carbons (Fsp3) is 0.176. The molecule has 0 aliphatic carbocycles. The summed E-state index contributed by atoms with van der Waals surface area (Å²) in [6, 6.07) is 5.48. The van der Waals surface area contributed by atoms with Crippen LogP contribution in [0.1, 0.15) is 22.8 Å². The van der Waals surface area contributed by atoms with Gasteiger partial charge in [0.05, 0.1) is 22.6 Å². The van der Waals surface area contributed by atoms with Gasteiger partial charge in [-0.05, 0) is 31.2 Å². The van der Waals surface area contributed by atoms with Gasteiger partial charge < -0.3 is 10.1 Å². The number of nitrogens with zero attached hydrogens (tertiary/aromatic N) is 1. The van der Waals surface area contributed by atoms with E-state index >= 15 is 0 Å². The van der Waals surface area contributed by atoms with Crippen LogP contribution < -0.4 is 5.32 Å². The van der Waals surface area contributed by atoms with E-state index in [1.807, 2.05) is 0 Å². The molecule has 2 aromatic carbocycles. The van der Waals surface area contributed by atoms with Crippen LogP contribution in [0, 0.1) is 21.7 Å². The monoisotopic (exact) mass is 398 g/mol. The Kier molecular flexibility index (Phi) is 5.75. The maximum absolute atomic E-state index is 14.2. The van der Waals surface area contributed by atoms with Crippen LogP contribution in [0.3, 0.4) is 0 Å².